The van der Waals surface area contributed by atoms with Gasteiger partial charge in [-0.25, -0.2) is 18.7 Å². The van der Waals surface area contributed by atoms with Crippen molar-refractivity contribution in [1.82, 2.24) is 14.6 Å². The first-order valence-electron chi connectivity index (χ1n) is 6.36. The van der Waals surface area contributed by atoms with E-state index in [0.29, 0.717) is 12.1 Å². The predicted octanol–water partition coefficient (Wildman–Crippen LogP) is 2.47. The molecule has 21 heavy (non-hydrogen) atoms. The van der Waals surface area contributed by atoms with Gasteiger partial charge in [-0.15, -0.1) is 5.10 Å². The van der Waals surface area contributed by atoms with Gasteiger partial charge in [0.2, 0.25) is 0 Å². The van der Waals surface area contributed by atoms with Crippen LogP contribution in [-0.2, 0) is 6.42 Å². The van der Waals surface area contributed by atoms with Crippen molar-refractivity contribution in [3.8, 4) is 0 Å². The van der Waals surface area contributed by atoms with Crippen molar-refractivity contribution >= 4 is 11.6 Å². The van der Waals surface area contributed by atoms with Crippen LogP contribution in [0.4, 0.5) is 4.39 Å². The van der Waals surface area contributed by atoms with Gasteiger partial charge in [-0.05, 0) is 42.2 Å². The van der Waals surface area contributed by atoms with Crippen molar-refractivity contribution < 1.29 is 14.3 Å². The van der Waals surface area contributed by atoms with Crippen LogP contribution in [0, 0.1) is 12.7 Å². The summed E-state index contributed by atoms with van der Waals surface area (Å²) in [6.45, 7) is 1.85. The number of hydrogen-bond acceptors (Lipinski definition) is 3. The molecule has 1 N–H and O–H groups in total. The second-order valence-electron chi connectivity index (χ2n) is 4.84. The van der Waals surface area contributed by atoms with E-state index < -0.39 is 5.97 Å². The molecule has 0 unspecified atom stereocenters. The van der Waals surface area contributed by atoms with E-state index in [1.807, 2.05) is 13.0 Å². The lowest BCUT2D eigenvalue weighted by atomic mass is 10.1. The number of halogens is 1. The van der Waals surface area contributed by atoms with Crippen LogP contribution < -0.4 is 0 Å². The Labute approximate surface area is 119 Å². The number of pyridine rings is 1. The molecular weight excluding hydrogens is 273 g/mol. The van der Waals surface area contributed by atoms with Crippen molar-refractivity contribution in [2.24, 2.45) is 0 Å². The van der Waals surface area contributed by atoms with Gasteiger partial charge in [0.15, 0.2) is 5.65 Å². The van der Waals surface area contributed by atoms with Crippen molar-refractivity contribution in [3.05, 3.63) is 64.9 Å². The minimum Gasteiger partial charge on any atom is -0.475 e. The Bertz CT molecular complexity index is 825. The third-order valence-electron chi connectivity index (χ3n) is 3.19. The summed E-state index contributed by atoms with van der Waals surface area (Å²) in [5.41, 5.74) is 3.28. The predicted molar refractivity (Wildman–Crippen MR) is 73.9 cm³/mol. The zero-order chi connectivity index (χ0) is 15.0. The zero-order valence-corrected chi connectivity index (χ0v) is 11.2. The van der Waals surface area contributed by atoms with Gasteiger partial charge in [-0.2, -0.15) is 0 Å². The van der Waals surface area contributed by atoms with Crippen molar-refractivity contribution in [2.75, 3.05) is 0 Å². The number of benzene rings is 1. The lowest BCUT2D eigenvalue weighted by Crippen LogP contribution is -1.99. The van der Waals surface area contributed by atoms with Crippen LogP contribution in [0.3, 0.4) is 0 Å². The van der Waals surface area contributed by atoms with Gasteiger partial charge < -0.3 is 5.11 Å². The number of aryl methyl sites for hydroxylation is 1. The highest BCUT2D eigenvalue weighted by Crippen LogP contribution is 2.15. The van der Waals surface area contributed by atoms with Gasteiger partial charge in [-0.1, -0.05) is 18.2 Å². The van der Waals surface area contributed by atoms with E-state index in [-0.39, 0.29) is 11.6 Å². The van der Waals surface area contributed by atoms with Crippen molar-refractivity contribution in [1.29, 1.82) is 0 Å². The molecule has 0 saturated carbocycles. The highest BCUT2D eigenvalue weighted by atomic mass is 19.1. The molecule has 0 aliphatic heterocycles. The fourth-order valence-corrected chi connectivity index (χ4v) is 2.24. The van der Waals surface area contributed by atoms with Crippen LogP contribution in [0.15, 0.2) is 36.5 Å². The van der Waals surface area contributed by atoms with Crippen LogP contribution in [0.5, 0.6) is 0 Å². The lowest BCUT2D eigenvalue weighted by Gasteiger charge is -2.04. The first-order chi connectivity index (χ1) is 10.0. The molecule has 0 aliphatic carbocycles. The highest BCUT2D eigenvalue weighted by Gasteiger charge is 2.13. The fraction of sp³-hybridized carbons (Fsp3) is 0.133. The average molecular weight is 285 g/mol. The number of carboxylic acid groups (broad SMARTS) is 1. The molecule has 106 valence electrons. The second-order valence-corrected chi connectivity index (χ2v) is 4.84. The van der Waals surface area contributed by atoms with E-state index in [2.05, 4.69) is 10.1 Å². The van der Waals surface area contributed by atoms with E-state index in [4.69, 9.17) is 5.11 Å². The summed E-state index contributed by atoms with van der Waals surface area (Å²) < 4.78 is 14.4. The van der Waals surface area contributed by atoms with E-state index in [1.54, 1.807) is 18.3 Å². The Hall–Kier alpha value is -2.76. The Kier molecular flexibility index (Phi) is 3.13. The zero-order valence-electron chi connectivity index (χ0n) is 11.2. The van der Waals surface area contributed by atoms with Crippen LogP contribution in [0.2, 0.25) is 0 Å². The van der Waals surface area contributed by atoms with Crippen LogP contribution in [0.1, 0.15) is 27.3 Å². The molecule has 0 aliphatic rings. The molecule has 0 spiro atoms. The molecule has 0 radical (unpaired) electrons. The van der Waals surface area contributed by atoms with Crippen LogP contribution >= 0.6 is 0 Å². The standard InChI is InChI=1S/C15H12FN3O2/c1-9-6-11(7-10-2-4-12(16)5-3-10)8-19-14(9)17-13(18-19)15(20)21/h2-6,8H,7H2,1H3,(H,20,21). The first kappa shape index (κ1) is 13.2. The molecule has 1 aromatic carbocycles. The van der Waals surface area contributed by atoms with Crippen molar-refractivity contribution in [2.45, 2.75) is 13.3 Å². The molecule has 0 atom stereocenters. The van der Waals surface area contributed by atoms with E-state index in [9.17, 15) is 9.18 Å². The molecular formula is C15H12FN3O2. The SMILES string of the molecule is Cc1cc(Cc2ccc(F)cc2)cn2nc(C(=O)O)nc12. The largest absolute Gasteiger partial charge is 0.475 e. The minimum atomic E-state index is -1.15. The normalized spacial score (nSPS) is 11.0. The Morgan fingerprint density at radius 1 is 1.29 bits per heavy atom. The summed E-state index contributed by atoms with van der Waals surface area (Å²) in [6, 6.07) is 8.20. The molecule has 0 bridgehead atoms. The van der Waals surface area contributed by atoms with Crippen LogP contribution in [-0.4, -0.2) is 25.7 Å². The maximum Gasteiger partial charge on any atom is 0.375 e. The number of carbonyl (C=O) groups is 1. The van der Waals surface area contributed by atoms with Gasteiger partial charge >= 0.3 is 5.97 Å². The Balaban J connectivity index is 1.99. The molecule has 2 heterocycles. The van der Waals surface area contributed by atoms with E-state index >= 15 is 0 Å². The molecule has 0 fully saturated rings. The number of carboxylic acids is 1. The third-order valence-corrected chi connectivity index (χ3v) is 3.19. The fourth-order valence-electron chi connectivity index (χ4n) is 2.24. The smallest absolute Gasteiger partial charge is 0.375 e. The van der Waals surface area contributed by atoms with Gasteiger partial charge in [0, 0.05) is 6.20 Å². The molecule has 3 aromatic rings. The Morgan fingerprint density at radius 2 is 2.00 bits per heavy atom. The summed E-state index contributed by atoms with van der Waals surface area (Å²) >= 11 is 0. The average Bonchev–Trinajstić information content (AvgIpc) is 2.86. The molecule has 3 rings (SSSR count). The summed E-state index contributed by atoms with van der Waals surface area (Å²) in [4.78, 5) is 14.9. The maximum atomic E-state index is 12.9. The summed E-state index contributed by atoms with van der Waals surface area (Å²) in [6.07, 6.45) is 2.35. The maximum absolute atomic E-state index is 12.9. The Morgan fingerprint density at radius 3 is 2.67 bits per heavy atom. The van der Waals surface area contributed by atoms with Gasteiger partial charge in [-0.3, -0.25) is 0 Å². The van der Waals surface area contributed by atoms with Crippen molar-refractivity contribution in [3.63, 3.8) is 0 Å². The molecule has 2 aromatic heterocycles. The number of nitrogens with zero attached hydrogens (tertiary/aromatic N) is 3. The van der Waals surface area contributed by atoms with Gasteiger partial charge in [0.05, 0.1) is 0 Å². The summed E-state index contributed by atoms with van der Waals surface area (Å²) in [7, 11) is 0. The first-order valence-corrected chi connectivity index (χ1v) is 6.36. The minimum absolute atomic E-state index is 0.225. The quantitative estimate of drug-likeness (QED) is 0.802. The second kappa shape index (κ2) is 4.97. The lowest BCUT2D eigenvalue weighted by molar-refractivity contribution is 0.0684. The topological polar surface area (TPSA) is 67.5 Å². The van der Waals surface area contributed by atoms with E-state index in [1.165, 1.54) is 16.6 Å². The number of aromatic carboxylic acids is 1. The molecule has 6 heteroatoms. The highest BCUT2D eigenvalue weighted by molar-refractivity contribution is 5.83. The van der Waals surface area contributed by atoms with Gasteiger partial charge in [0.25, 0.3) is 5.82 Å². The number of aromatic nitrogens is 3. The number of hydrogen-bond donors (Lipinski definition) is 1. The third kappa shape index (κ3) is 2.60. The number of fused-ring (bicyclic) bond motifs is 1. The molecule has 0 amide bonds. The molecule has 0 saturated heterocycles. The summed E-state index contributed by atoms with van der Waals surface area (Å²) in [5, 5.41) is 12.9. The monoisotopic (exact) mass is 285 g/mol. The number of rotatable bonds is 3. The molecule has 5 nitrogen and oxygen atoms in total. The summed E-state index contributed by atoms with van der Waals surface area (Å²) in [5.74, 6) is -1.65. The van der Waals surface area contributed by atoms with Crippen LogP contribution in [0.25, 0.3) is 5.65 Å². The van der Waals surface area contributed by atoms with Gasteiger partial charge in [0.1, 0.15) is 5.82 Å². The van der Waals surface area contributed by atoms with E-state index in [0.717, 1.165) is 16.7 Å².